The second-order valence-corrected chi connectivity index (χ2v) is 22.4. The molecule has 0 spiro atoms. The van der Waals surface area contributed by atoms with Gasteiger partial charge in [-0.2, -0.15) is 0 Å². The highest BCUT2D eigenvalue weighted by Crippen LogP contribution is 2.18. The van der Waals surface area contributed by atoms with Gasteiger partial charge in [0.15, 0.2) is 6.10 Å². The molecule has 450 valence electrons. The molecule has 6 heteroatoms. The first-order chi connectivity index (χ1) is 38.5. The zero-order valence-electron chi connectivity index (χ0n) is 51.7. The van der Waals surface area contributed by atoms with E-state index >= 15 is 0 Å². The number of hydrogen-bond acceptors (Lipinski definition) is 6. The van der Waals surface area contributed by atoms with Crippen LogP contribution in [0, 0.1) is 0 Å². The van der Waals surface area contributed by atoms with Crippen molar-refractivity contribution in [3.63, 3.8) is 0 Å². The van der Waals surface area contributed by atoms with Gasteiger partial charge in [-0.05, 0) is 77.0 Å². The Kier molecular flexibility index (Phi) is 63.2. The van der Waals surface area contributed by atoms with Crippen LogP contribution >= 0.6 is 0 Å². The molecule has 0 rings (SSSR count). The molecule has 0 aromatic carbocycles. The molecule has 0 aromatic heterocycles. The van der Waals surface area contributed by atoms with E-state index in [2.05, 4.69) is 106 Å². The summed E-state index contributed by atoms with van der Waals surface area (Å²) in [5.74, 6) is -0.924. The van der Waals surface area contributed by atoms with Gasteiger partial charge < -0.3 is 14.2 Å². The van der Waals surface area contributed by atoms with Crippen molar-refractivity contribution in [1.29, 1.82) is 0 Å². The van der Waals surface area contributed by atoms with Crippen molar-refractivity contribution in [2.75, 3.05) is 13.2 Å². The van der Waals surface area contributed by atoms with Crippen molar-refractivity contribution < 1.29 is 28.6 Å². The molecule has 0 aliphatic heterocycles. The van der Waals surface area contributed by atoms with E-state index in [1.807, 2.05) is 0 Å². The Balaban J connectivity index is 4.03. The van der Waals surface area contributed by atoms with Crippen LogP contribution in [0.5, 0.6) is 0 Å². The lowest BCUT2D eigenvalue weighted by Gasteiger charge is -2.18. The highest BCUT2D eigenvalue weighted by atomic mass is 16.6. The van der Waals surface area contributed by atoms with E-state index in [-0.39, 0.29) is 37.5 Å². The summed E-state index contributed by atoms with van der Waals surface area (Å²) in [6.45, 7) is 6.45. The number of esters is 3. The maximum atomic E-state index is 12.8. The zero-order valence-corrected chi connectivity index (χ0v) is 51.7. The third-order valence-electron chi connectivity index (χ3n) is 14.7. The Morgan fingerprint density at radius 3 is 0.782 bits per heavy atom. The summed E-state index contributed by atoms with van der Waals surface area (Å²) >= 11 is 0. The fourth-order valence-corrected chi connectivity index (χ4v) is 9.66. The maximum absolute atomic E-state index is 12.8. The molecular weight excluding hydrogens is 961 g/mol. The largest absolute Gasteiger partial charge is 0.462 e. The summed E-state index contributed by atoms with van der Waals surface area (Å²) in [6.07, 6.45) is 88.1. The number of unbranched alkanes of at least 4 members (excludes halogenated alkanes) is 36. The van der Waals surface area contributed by atoms with Gasteiger partial charge in [-0.15, -0.1) is 0 Å². The summed E-state index contributed by atoms with van der Waals surface area (Å²) in [4.78, 5) is 37.9. The van der Waals surface area contributed by atoms with E-state index in [1.54, 1.807) is 0 Å². The molecule has 0 fully saturated rings. The lowest BCUT2D eigenvalue weighted by atomic mass is 10.0. The smallest absolute Gasteiger partial charge is 0.306 e. The van der Waals surface area contributed by atoms with Gasteiger partial charge >= 0.3 is 17.9 Å². The van der Waals surface area contributed by atoms with Gasteiger partial charge in [-0.3, -0.25) is 14.4 Å². The fourth-order valence-electron chi connectivity index (χ4n) is 9.66. The van der Waals surface area contributed by atoms with Crippen molar-refractivity contribution in [3.05, 3.63) is 85.1 Å². The molecule has 0 saturated heterocycles. The summed E-state index contributed by atoms with van der Waals surface area (Å²) < 4.78 is 16.8. The molecule has 0 aromatic rings. The minimum absolute atomic E-state index is 0.0878. The van der Waals surface area contributed by atoms with Crippen LogP contribution in [-0.2, 0) is 28.6 Å². The van der Waals surface area contributed by atoms with E-state index in [4.69, 9.17) is 14.2 Å². The number of carbonyl (C=O) groups is 3. The molecule has 0 heterocycles. The molecule has 0 aliphatic carbocycles. The summed E-state index contributed by atoms with van der Waals surface area (Å²) in [5, 5.41) is 0. The average molecular weight is 1090 g/mol. The van der Waals surface area contributed by atoms with Crippen molar-refractivity contribution in [1.82, 2.24) is 0 Å². The number of carbonyl (C=O) groups excluding carboxylic acids is 3. The molecule has 1 atom stereocenters. The molecule has 6 nitrogen and oxygen atoms in total. The van der Waals surface area contributed by atoms with Crippen LogP contribution < -0.4 is 0 Å². The van der Waals surface area contributed by atoms with Crippen LogP contribution in [0.15, 0.2) is 85.1 Å². The Morgan fingerprint density at radius 1 is 0.269 bits per heavy atom. The van der Waals surface area contributed by atoms with Crippen molar-refractivity contribution in [2.24, 2.45) is 0 Å². The van der Waals surface area contributed by atoms with Crippen molar-refractivity contribution >= 4 is 17.9 Å². The lowest BCUT2D eigenvalue weighted by molar-refractivity contribution is -0.167. The van der Waals surface area contributed by atoms with Gasteiger partial charge in [-0.25, -0.2) is 0 Å². The summed E-state index contributed by atoms with van der Waals surface area (Å²) in [6, 6.07) is 0. The molecular formula is C72H126O6. The summed E-state index contributed by atoms with van der Waals surface area (Å²) in [7, 11) is 0. The van der Waals surface area contributed by atoms with Gasteiger partial charge in [0.25, 0.3) is 0 Å². The second-order valence-electron chi connectivity index (χ2n) is 22.4. The zero-order chi connectivity index (χ0) is 56.4. The van der Waals surface area contributed by atoms with Crippen LogP contribution in [0.1, 0.15) is 335 Å². The third-order valence-corrected chi connectivity index (χ3v) is 14.7. The number of allylic oxidation sites excluding steroid dienone is 14. The van der Waals surface area contributed by atoms with Crippen molar-refractivity contribution in [2.45, 2.75) is 341 Å². The first-order valence-corrected chi connectivity index (χ1v) is 33.6. The average Bonchev–Trinajstić information content (AvgIpc) is 3.44. The third kappa shape index (κ3) is 63.4. The first kappa shape index (κ1) is 74.6. The number of hydrogen-bond donors (Lipinski definition) is 0. The van der Waals surface area contributed by atoms with Gasteiger partial charge in [-0.1, -0.05) is 324 Å². The van der Waals surface area contributed by atoms with E-state index in [9.17, 15) is 14.4 Å². The summed E-state index contributed by atoms with van der Waals surface area (Å²) in [5.41, 5.74) is 0. The van der Waals surface area contributed by atoms with Crippen LogP contribution in [0.4, 0.5) is 0 Å². The van der Waals surface area contributed by atoms with E-state index in [0.717, 1.165) is 116 Å². The lowest BCUT2D eigenvalue weighted by Crippen LogP contribution is -2.30. The minimum atomic E-state index is -0.791. The fraction of sp³-hybridized carbons (Fsp3) is 0.764. The Hall–Kier alpha value is -3.41. The Morgan fingerprint density at radius 2 is 0.500 bits per heavy atom. The van der Waals surface area contributed by atoms with E-state index < -0.39 is 6.10 Å². The predicted octanol–water partition coefficient (Wildman–Crippen LogP) is 23.1. The number of ether oxygens (including phenoxy) is 3. The van der Waals surface area contributed by atoms with Gasteiger partial charge in [0.2, 0.25) is 0 Å². The molecule has 0 saturated carbocycles. The molecule has 0 bridgehead atoms. The standard InChI is InChI=1S/C72H126O6/c1-4-7-10-13-15-17-19-21-23-25-27-29-31-33-34-35-36-37-39-40-42-44-46-48-50-52-54-56-59-62-65-71(74)77-68-69(67-76-70(73)64-61-58-12-9-6-3)78-72(75)66-63-60-57-55-53-51-49-47-45-43-41-38-32-30-28-26-24-22-20-18-16-14-11-8-5-2/h8,11,16,18,22,24,28,30,38,41,45,47,51,53,69H,4-7,9-10,12-15,17,19-21,23,25-27,29,31-37,39-40,42-44,46,48-50,52,54-68H2,1-3H3/b11-8-,18-16-,24-22-,30-28-,41-38-,47-45-,53-51-. The normalized spacial score (nSPS) is 12.6. The second kappa shape index (κ2) is 66.1. The van der Waals surface area contributed by atoms with Crippen LogP contribution in [-0.4, -0.2) is 37.2 Å². The number of rotatable bonds is 61. The van der Waals surface area contributed by atoms with Gasteiger partial charge in [0, 0.05) is 19.3 Å². The highest BCUT2D eigenvalue weighted by Gasteiger charge is 2.19. The quantitative estimate of drug-likeness (QED) is 0.0261. The van der Waals surface area contributed by atoms with Crippen LogP contribution in [0.3, 0.4) is 0 Å². The van der Waals surface area contributed by atoms with Crippen molar-refractivity contribution in [3.8, 4) is 0 Å². The van der Waals surface area contributed by atoms with Gasteiger partial charge in [0.1, 0.15) is 13.2 Å². The van der Waals surface area contributed by atoms with Gasteiger partial charge in [0.05, 0.1) is 0 Å². The monoisotopic (exact) mass is 1090 g/mol. The Labute approximate surface area is 484 Å². The predicted molar refractivity (Wildman–Crippen MR) is 339 cm³/mol. The maximum Gasteiger partial charge on any atom is 0.306 e. The molecule has 0 radical (unpaired) electrons. The van der Waals surface area contributed by atoms with E-state index in [1.165, 1.54) is 180 Å². The minimum Gasteiger partial charge on any atom is -0.462 e. The molecule has 1 unspecified atom stereocenters. The first-order valence-electron chi connectivity index (χ1n) is 33.6. The SMILES string of the molecule is CC/C=C\C/C=C\C/C=C\C/C=C\C/C=C\C/C=C\C/C=C\CCCCCC(=O)OC(COC(=O)CCCCCCC)COC(=O)CCCCCCCCCCCCCCCCCCCCCCCCCCCCCCCC. The van der Waals surface area contributed by atoms with E-state index in [0.29, 0.717) is 12.8 Å². The highest BCUT2D eigenvalue weighted by molar-refractivity contribution is 5.71. The molecule has 0 aliphatic rings. The molecule has 78 heavy (non-hydrogen) atoms. The topological polar surface area (TPSA) is 78.9 Å². The van der Waals surface area contributed by atoms with Crippen LogP contribution in [0.25, 0.3) is 0 Å². The Bertz CT molecular complexity index is 1480. The molecule has 0 amide bonds. The molecule has 0 N–H and O–H groups in total. The van der Waals surface area contributed by atoms with Crippen LogP contribution in [0.2, 0.25) is 0 Å².